The van der Waals surface area contributed by atoms with Gasteiger partial charge in [0.2, 0.25) is 29.5 Å². The zero-order valence-electron chi connectivity index (χ0n) is 32.9. The minimum Gasteiger partial charge on any atom is -0.460 e. The van der Waals surface area contributed by atoms with E-state index in [0.29, 0.717) is 19.3 Å². The molecule has 5 amide bonds. The Hall–Kier alpha value is -3.26. The molecule has 0 radical (unpaired) electrons. The molecule has 0 bridgehead atoms. The minimum atomic E-state index is -1.09. The fourth-order valence-electron chi connectivity index (χ4n) is 6.22. The Labute approximate surface area is 311 Å². The summed E-state index contributed by atoms with van der Waals surface area (Å²) in [7, 11) is 1.56. The molecule has 0 aromatic rings. The van der Waals surface area contributed by atoms with E-state index in [9.17, 15) is 33.9 Å². The van der Waals surface area contributed by atoms with Gasteiger partial charge >= 0.3 is 5.97 Å². The number of carbonyl (C=O) groups is 6. The summed E-state index contributed by atoms with van der Waals surface area (Å²) >= 11 is 0. The van der Waals surface area contributed by atoms with E-state index in [1.165, 1.54) is 37.5 Å². The highest BCUT2D eigenvalue weighted by Crippen LogP contribution is 2.32. The summed E-state index contributed by atoms with van der Waals surface area (Å²) in [5, 5.41) is 17.6. The molecule has 0 spiro atoms. The predicted octanol–water partition coefficient (Wildman–Crippen LogP) is 2.68. The maximum atomic E-state index is 14.1. The number of aliphatic hydroxyl groups excluding tert-OH is 1. The lowest BCUT2D eigenvalue weighted by Gasteiger charge is -2.37. The van der Waals surface area contributed by atoms with E-state index in [2.05, 4.69) is 22.9 Å². The van der Waals surface area contributed by atoms with Gasteiger partial charge in [0.25, 0.3) is 0 Å². The van der Waals surface area contributed by atoms with Gasteiger partial charge in [-0.1, -0.05) is 105 Å². The van der Waals surface area contributed by atoms with E-state index >= 15 is 0 Å². The smallest absolute Gasteiger partial charge is 0.325 e. The van der Waals surface area contributed by atoms with Crippen molar-refractivity contribution in [3.05, 3.63) is 0 Å². The quantitative estimate of drug-likeness (QED) is 0.0538. The van der Waals surface area contributed by atoms with Crippen LogP contribution in [-0.2, 0) is 33.5 Å². The van der Waals surface area contributed by atoms with Gasteiger partial charge in [-0.05, 0) is 38.0 Å². The highest BCUT2D eigenvalue weighted by Gasteiger charge is 2.39. The van der Waals surface area contributed by atoms with Crippen molar-refractivity contribution in [2.45, 2.75) is 162 Å². The molecule has 14 heteroatoms. The summed E-state index contributed by atoms with van der Waals surface area (Å²) in [6, 6.07) is -3.00. The summed E-state index contributed by atoms with van der Waals surface area (Å²) in [6.07, 6.45) is 11.1. The van der Waals surface area contributed by atoms with Crippen LogP contribution in [-0.4, -0.2) is 96.0 Å². The number of nitrogens with zero attached hydrogens (tertiary/aromatic N) is 1. The number of amides is 5. The molecule has 0 aromatic heterocycles. The lowest BCUT2D eigenvalue weighted by atomic mass is 9.80. The number of nitrogens with one attached hydrogen (secondary N) is 3. The maximum Gasteiger partial charge on any atom is 0.325 e. The number of carbonyl (C=O) groups excluding carboxylic acids is 6. The highest BCUT2D eigenvalue weighted by molar-refractivity contribution is 5.94. The second kappa shape index (κ2) is 24.9. The summed E-state index contributed by atoms with van der Waals surface area (Å²) in [4.78, 5) is 79.9. The molecule has 1 aliphatic carbocycles. The third-order valence-corrected chi connectivity index (χ3v) is 10.7. The summed E-state index contributed by atoms with van der Waals surface area (Å²) in [5.41, 5.74) is 11.0. The fraction of sp³-hybridized carbons (Fsp3) is 0.842. The van der Waals surface area contributed by atoms with Crippen molar-refractivity contribution in [1.29, 1.82) is 0 Å². The Morgan fingerprint density at radius 3 is 1.94 bits per heavy atom. The predicted molar refractivity (Wildman–Crippen MR) is 200 cm³/mol. The average molecular weight is 739 g/mol. The Bertz CT molecular complexity index is 1130. The van der Waals surface area contributed by atoms with Gasteiger partial charge in [-0.3, -0.25) is 28.8 Å². The van der Waals surface area contributed by atoms with Gasteiger partial charge in [-0.15, -0.1) is 0 Å². The minimum absolute atomic E-state index is 0.195. The molecular weight excluding hydrogens is 668 g/mol. The lowest BCUT2D eigenvalue weighted by Crippen LogP contribution is -2.60. The molecule has 1 rings (SSSR count). The van der Waals surface area contributed by atoms with Gasteiger partial charge in [-0.25, -0.2) is 0 Å². The SMILES string of the molecule is CCCCCCCCCC[C@@H](OC(=O)CNC(=O)[C@@H](C)[C@H](C)O)[C@@H](C)C(=O)N(C)[C@@H](CC1CCC1)C(=O)N[C@H](C(=O)N[C@@H](CN)C(N)=O)[C@H](C)CC. The summed E-state index contributed by atoms with van der Waals surface area (Å²) in [5.74, 6) is -5.04. The normalized spacial score (nSPS) is 17.6. The van der Waals surface area contributed by atoms with Gasteiger partial charge in [0.1, 0.15) is 30.8 Å². The molecule has 1 saturated carbocycles. The molecule has 8 atom stereocenters. The van der Waals surface area contributed by atoms with E-state index in [1.54, 1.807) is 20.9 Å². The number of unbranched alkanes of at least 4 members (excludes halogenated alkanes) is 7. The van der Waals surface area contributed by atoms with Crippen LogP contribution in [0.15, 0.2) is 0 Å². The first-order valence-electron chi connectivity index (χ1n) is 19.6. The van der Waals surface area contributed by atoms with Crippen molar-refractivity contribution in [2.24, 2.45) is 35.1 Å². The van der Waals surface area contributed by atoms with Crippen LogP contribution in [0.2, 0.25) is 0 Å². The van der Waals surface area contributed by atoms with Crippen LogP contribution in [0.25, 0.3) is 0 Å². The second-order valence-electron chi connectivity index (χ2n) is 14.9. The van der Waals surface area contributed by atoms with Gasteiger partial charge in [0, 0.05) is 13.6 Å². The highest BCUT2D eigenvalue weighted by atomic mass is 16.5. The monoisotopic (exact) mass is 739 g/mol. The van der Waals surface area contributed by atoms with Crippen molar-refractivity contribution in [2.75, 3.05) is 20.1 Å². The molecule has 52 heavy (non-hydrogen) atoms. The van der Waals surface area contributed by atoms with E-state index in [-0.39, 0.29) is 24.3 Å². The Morgan fingerprint density at radius 1 is 0.846 bits per heavy atom. The molecule has 0 aliphatic heterocycles. The van der Waals surface area contributed by atoms with Gasteiger partial charge < -0.3 is 42.2 Å². The summed E-state index contributed by atoms with van der Waals surface area (Å²) < 4.78 is 5.83. The van der Waals surface area contributed by atoms with Gasteiger partial charge in [-0.2, -0.15) is 0 Å². The zero-order chi connectivity index (χ0) is 39.4. The molecule has 0 aromatic carbocycles. The topological polar surface area (TPSA) is 223 Å². The molecule has 0 heterocycles. The number of nitrogens with two attached hydrogens (primary N) is 2. The van der Waals surface area contributed by atoms with Crippen molar-refractivity contribution in [3.8, 4) is 0 Å². The number of rotatable bonds is 27. The largest absolute Gasteiger partial charge is 0.460 e. The number of primary amides is 1. The molecule has 1 fully saturated rings. The molecule has 300 valence electrons. The van der Waals surface area contributed by atoms with Crippen LogP contribution < -0.4 is 27.4 Å². The maximum absolute atomic E-state index is 14.1. The number of hydrogen-bond donors (Lipinski definition) is 6. The van der Waals surface area contributed by atoms with Crippen LogP contribution in [0.1, 0.15) is 131 Å². The van der Waals surface area contributed by atoms with Crippen LogP contribution in [0.4, 0.5) is 0 Å². The van der Waals surface area contributed by atoms with Crippen molar-refractivity contribution >= 4 is 35.5 Å². The number of aliphatic hydroxyl groups is 1. The van der Waals surface area contributed by atoms with Crippen molar-refractivity contribution in [1.82, 2.24) is 20.9 Å². The zero-order valence-corrected chi connectivity index (χ0v) is 32.9. The number of likely N-dealkylation sites (N-methyl/N-ethyl adjacent to an activating group) is 1. The van der Waals surface area contributed by atoms with Crippen LogP contribution in [0.3, 0.4) is 0 Å². The Kier molecular flexibility index (Phi) is 22.4. The molecule has 1 aliphatic rings. The molecule has 14 nitrogen and oxygen atoms in total. The van der Waals surface area contributed by atoms with Crippen LogP contribution in [0.5, 0.6) is 0 Å². The first-order chi connectivity index (χ1) is 24.6. The van der Waals surface area contributed by atoms with Gasteiger partial charge in [0.05, 0.1) is 17.9 Å². The standard InChI is InChI=1S/C38H70N6O8/c1-8-10-11-12-13-14-15-16-20-31(52-32(46)23-41-35(48)25(4)27(6)45)26(5)38(51)44(7)30(21-28-18-17-19-28)36(49)43-33(24(3)9-2)37(50)42-29(22-39)34(40)47/h24-31,33,45H,8-23,39H2,1-7H3,(H2,40,47)(H,41,48)(H,42,50)(H,43,49)/t24-,25+,26-,27+,29+,30+,31-,33+/m1/s1. The lowest BCUT2D eigenvalue weighted by molar-refractivity contribution is -0.158. The number of ether oxygens (including phenoxy) is 1. The molecular formula is C38H70N6O8. The first kappa shape index (κ1) is 46.8. The fourth-order valence-corrected chi connectivity index (χ4v) is 6.22. The average Bonchev–Trinajstić information content (AvgIpc) is 3.09. The van der Waals surface area contributed by atoms with E-state index in [4.69, 9.17) is 16.2 Å². The summed E-state index contributed by atoms with van der Waals surface area (Å²) in [6.45, 7) is 9.98. The van der Waals surface area contributed by atoms with Crippen molar-refractivity contribution in [3.63, 3.8) is 0 Å². The van der Waals surface area contributed by atoms with E-state index < -0.39 is 78.3 Å². The van der Waals surface area contributed by atoms with E-state index in [1.807, 2.05) is 13.8 Å². The second-order valence-corrected chi connectivity index (χ2v) is 14.9. The molecule has 8 N–H and O–H groups in total. The molecule has 0 unspecified atom stereocenters. The Balaban J connectivity index is 3.19. The Morgan fingerprint density at radius 2 is 1.44 bits per heavy atom. The van der Waals surface area contributed by atoms with E-state index in [0.717, 1.165) is 44.9 Å². The first-order valence-corrected chi connectivity index (χ1v) is 19.6. The van der Waals surface area contributed by atoms with Crippen LogP contribution in [0, 0.1) is 23.7 Å². The van der Waals surface area contributed by atoms with Crippen LogP contribution >= 0.6 is 0 Å². The molecule has 0 saturated heterocycles. The third kappa shape index (κ3) is 16.2. The van der Waals surface area contributed by atoms with Crippen molar-refractivity contribution < 1.29 is 38.6 Å². The number of hydrogen-bond acceptors (Lipinski definition) is 9. The number of esters is 1. The third-order valence-electron chi connectivity index (χ3n) is 10.7. The van der Waals surface area contributed by atoms with Gasteiger partial charge in [0.15, 0.2) is 0 Å².